The maximum atomic E-state index is 13.0. The second kappa shape index (κ2) is 4.14. The molecule has 0 aromatic heterocycles. The quantitative estimate of drug-likeness (QED) is 0.680. The van der Waals surface area contributed by atoms with Crippen LogP contribution in [0.3, 0.4) is 0 Å². The summed E-state index contributed by atoms with van der Waals surface area (Å²) in [5, 5.41) is 0. The second-order valence-electron chi connectivity index (χ2n) is 2.10. The highest BCUT2D eigenvalue weighted by molar-refractivity contribution is 8.01. The van der Waals surface area contributed by atoms with Crippen molar-refractivity contribution in [3.05, 3.63) is 23.8 Å². The van der Waals surface area contributed by atoms with Gasteiger partial charge in [-0.25, -0.2) is 8.78 Å². The van der Waals surface area contributed by atoms with Crippen molar-refractivity contribution >= 4 is 23.5 Å². The van der Waals surface area contributed by atoms with Crippen LogP contribution in [0.2, 0.25) is 0 Å². The molecule has 0 bridgehead atoms. The van der Waals surface area contributed by atoms with E-state index in [0.29, 0.717) is 9.79 Å². The molecule has 4 heteroatoms. The average Bonchev–Trinajstić information content (AvgIpc) is 2.08. The predicted molar refractivity (Wildman–Crippen MR) is 49.9 cm³/mol. The molecule has 0 fully saturated rings. The Hall–Kier alpha value is -0.220. The Balaban J connectivity index is 3.28. The van der Waals surface area contributed by atoms with Gasteiger partial charge in [-0.2, -0.15) is 0 Å². The first-order valence-electron chi connectivity index (χ1n) is 3.26. The minimum absolute atomic E-state index is 0.353. The first-order valence-corrected chi connectivity index (χ1v) is 5.71. The van der Waals surface area contributed by atoms with Crippen LogP contribution in [0, 0.1) is 11.6 Å². The van der Waals surface area contributed by atoms with Gasteiger partial charge in [-0.1, -0.05) is 0 Å². The van der Waals surface area contributed by atoms with Gasteiger partial charge in [-0.3, -0.25) is 0 Å². The van der Waals surface area contributed by atoms with Gasteiger partial charge in [0, 0.05) is 0 Å². The molecule has 1 aromatic rings. The number of hydrogen-bond acceptors (Lipinski definition) is 2. The minimum Gasteiger partial charge on any atom is -0.206 e. The number of hydrogen-bond donors (Lipinski definition) is 0. The number of thioether (sulfide) groups is 2. The van der Waals surface area contributed by atoms with Crippen molar-refractivity contribution in [2.45, 2.75) is 9.79 Å². The zero-order chi connectivity index (χ0) is 9.14. The van der Waals surface area contributed by atoms with Crippen molar-refractivity contribution in [3.8, 4) is 0 Å². The summed E-state index contributed by atoms with van der Waals surface area (Å²) in [6.07, 6.45) is 3.47. The van der Waals surface area contributed by atoms with Crippen LogP contribution in [0.15, 0.2) is 21.9 Å². The summed E-state index contributed by atoms with van der Waals surface area (Å²) in [5.74, 6) is -0.707. The molecule has 0 atom stereocenters. The van der Waals surface area contributed by atoms with E-state index in [-0.39, 0.29) is 11.6 Å². The third kappa shape index (κ3) is 1.75. The summed E-state index contributed by atoms with van der Waals surface area (Å²) in [5.41, 5.74) is 0. The Labute approximate surface area is 78.7 Å². The van der Waals surface area contributed by atoms with Gasteiger partial charge in [-0.05, 0) is 24.6 Å². The van der Waals surface area contributed by atoms with Crippen LogP contribution in [0.25, 0.3) is 0 Å². The molecule has 0 heterocycles. The van der Waals surface area contributed by atoms with Crippen LogP contribution in [0.5, 0.6) is 0 Å². The summed E-state index contributed by atoms with van der Waals surface area (Å²) in [6.45, 7) is 0. The van der Waals surface area contributed by atoms with E-state index >= 15 is 0 Å². The number of benzene rings is 1. The second-order valence-corrected chi connectivity index (χ2v) is 3.73. The third-order valence-electron chi connectivity index (χ3n) is 1.42. The Morgan fingerprint density at radius 2 is 1.25 bits per heavy atom. The Morgan fingerprint density at radius 1 is 0.917 bits per heavy atom. The summed E-state index contributed by atoms with van der Waals surface area (Å²) in [4.78, 5) is 0.782. The van der Waals surface area contributed by atoms with Gasteiger partial charge in [-0.15, -0.1) is 23.5 Å². The lowest BCUT2D eigenvalue weighted by Crippen LogP contribution is -1.88. The van der Waals surface area contributed by atoms with Gasteiger partial charge in [0.2, 0.25) is 0 Å². The fourth-order valence-electron chi connectivity index (χ4n) is 0.895. The molecule has 12 heavy (non-hydrogen) atoms. The highest BCUT2D eigenvalue weighted by Crippen LogP contribution is 2.32. The SMILES string of the molecule is CSc1c(F)ccc(F)c1SC. The molecule has 0 saturated carbocycles. The van der Waals surface area contributed by atoms with E-state index in [9.17, 15) is 8.78 Å². The van der Waals surface area contributed by atoms with Gasteiger partial charge < -0.3 is 0 Å². The zero-order valence-corrected chi connectivity index (χ0v) is 8.36. The molecule has 66 valence electrons. The molecule has 0 aliphatic carbocycles. The molecule has 0 saturated heterocycles. The molecule has 1 rings (SSSR count). The number of halogens is 2. The van der Waals surface area contributed by atoms with Crippen molar-refractivity contribution in [3.63, 3.8) is 0 Å². The van der Waals surface area contributed by atoms with E-state index in [1.165, 1.54) is 23.5 Å². The first kappa shape index (κ1) is 9.86. The minimum atomic E-state index is -0.353. The van der Waals surface area contributed by atoms with Crippen LogP contribution in [0.4, 0.5) is 8.78 Å². The van der Waals surface area contributed by atoms with Crippen LogP contribution in [-0.4, -0.2) is 12.5 Å². The Morgan fingerprint density at radius 3 is 1.50 bits per heavy atom. The van der Waals surface area contributed by atoms with E-state index in [1.54, 1.807) is 12.5 Å². The van der Waals surface area contributed by atoms with E-state index in [2.05, 4.69) is 0 Å². The van der Waals surface area contributed by atoms with Crippen LogP contribution >= 0.6 is 23.5 Å². The molecule has 0 aliphatic rings. The third-order valence-corrected chi connectivity index (χ3v) is 3.17. The smallest absolute Gasteiger partial charge is 0.138 e. The first-order chi connectivity index (χ1) is 5.70. The van der Waals surface area contributed by atoms with Crippen molar-refractivity contribution in [1.82, 2.24) is 0 Å². The lowest BCUT2D eigenvalue weighted by Gasteiger charge is -2.05. The van der Waals surface area contributed by atoms with E-state index < -0.39 is 0 Å². The summed E-state index contributed by atoms with van der Waals surface area (Å²) in [7, 11) is 0. The van der Waals surface area contributed by atoms with E-state index in [0.717, 1.165) is 12.1 Å². The molecule has 1 aromatic carbocycles. The molecular formula is C8H8F2S2. The standard InChI is InChI=1S/C8H8F2S2/c1-11-7-5(9)3-4-6(10)8(7)12-2/h3-4H,1-2H3. The Bertz CT molecular complexity index is 258. The highest BCUT2D eigenvalue weighted by Gasteiger charge is 2.11. The average molecular weight is 206 g/mol. The van der Waals surface area contributed by atoms with Crippen LogP contribution < -0.4 is 0 Å². The lowest BCUT2D eigenvalue weighted by molar-refractivity contribution is 0.551. The maximum absolute atomic E-state index is 13.0. The molecule has 0 spiro atoms. The van der Waals surface area contributed by atoms with Crippen molar-refractivity contribution in [2.24, 2.45) is 0 Å². The Kier molecular flexibility index (Phi) is 3.40. The molecule has 0 N–H and O–H groups in total. The molecule has 0 amide bonds. The van der Waals surface area contributed by atoms with Gasteiger partial charge in [0.05, 0.1) is 9.79 Å². The lowest BCUT2D eigenvalue weighted by atomic mass is 10.3. The van der Waals surface area contributed by atoms with E-state index in [1.807, 2.05) is 0 Å². The molecular weight excluding hydrogens is 198 g/mol. The monoisotopic (exact) mass is 206 g/mol. The van der Waals surface area contributed by atoms with Crippen LogP contribution in [0.1, 0.15) is 0 Å². The van der Waals surface area contributed by atoms with Crippen LogP contribution in [-0.2, 0) is 0 Å². The largest absolute Gasteiger partial charge is 0.206 e. The molecule has 0 aliphatic heterocycles. The van der Waals surface area contributed by atoms with Gasteiger partial charge in [0.25, 0.3) is 0 Å². The topological polar surface area (TPSA) is 0 Å². The normalized spacial score (nSPS) is 10.3. The maximum Gasteiger partial charge on any atom is 0.138 e. The van der Waals surface area contributed by atoms with Gasteiger partial charge in [0.15, 0.2) is 0 Å². The van der Waals surface area contributed by atoms with Gasteiger partial charge >= 0.3 is 0 Å². The van der Waals surface area contributed by atoms with Crippen molar-refractivity contribution in [1.29, 1.82) is 0 Å². The van der Waals surface area contributed by atoms with Crippen molar-refractivity contribution < 1.29 is 8.78 Å². The van der Waals surface area contributed by atoms with E-state index in [4.69, 9.17) is 0 Å². The summed E-state index contributed by atoms with van der Waals surface area (Å²) < 4.78 is 26.0. The predicted octanol–water partition coefficient (Wildman–Crippen LogP) is 3.41. The van der Waals surface area contributed by atoms with Gasteiger partial charge in [0.1, 0.15) is 11.6 Å². The molecule has 0 nitrogen and oxygen atoms in total. The zero-order valence-electron chi connectivity index (χ0n) is 6.73. The summed E-state index contributed by atoms with van der Waals surface area (Å²) >= 11 is 2.45. The van der Waals surface area contributed by atoms with Crippen molar-refractivity contribution in [2.75, 3.05) is 12.5 Å². The number of rotatable bonds is 2. The fraction of sp³-hybridized carbons (Fsp3) is 0.250. The fourth-order valence-corrected chi connectivity index (χ4v) is 2.49. The molecule has 0 unspecified atom stereocenters. The highest BCUT2D eigenvalue weighted by atomic mass is 32.2. The summed E-state index contributed by atoms with van der Waals surface area (Å²) in [6, 6.07) is 2.31. The molecule has 0 radical (unpaired) electrons.